The van der Waals surface area contributed by atoms with Gasteiger partial charge in [-0.15, -0.1) is 0 Å². The Bertz CT molecular complexity index is 1290. The summed E-state index contributed by atoms with van der Waals surface area (Å²) in [6, 6.07) is 17.5. The third kappa shape index (κ3) is 6.77. The van der Waals surface area contributed by atoms with Crippen molar-refractivity contribution in [2.24, 2.45) is 10.9 Å². The molecule has 1 amide bonds. The number of aliphatic imine (C=N–C) groups is 1. The van der Waals surface area contributed by atoms with E-state index in [2.05, 4.69) is 41.5 Å². The number of benzene rings is 2. The maximum Gasteiger partial charge on any atom is 0.237 e. The fourth-order valence-corrected chi connectivity index (χ4v) is 5.34. The lowest BCUT2D eigenvalue weighted by Gasteiger charge is -2.31. The number of nitrogens with one attached hydrogen (secondary N) is 4. The number of aromatic nitrogens is 2. The molecule has 1 heterocycles. The van der Waals surface area contributed by atoms with E-state index in [0.29, 0.717) is 17.2 Å². The van der Waals surface area contributed by atoms with Crippen LogP contribution in [0.25, 0.3) is 11.3 Å². The van der Waals surface area contributed by atoms with E-state index in [0.717, 1.165) is 55.0 Å². The molecule has 40 heavy (non-hydrogen) atoms. The van der Waals surface area contributed by atoms with Crippen LogP contribution in [-0.4, -0.2) is 54.4 Å². The summed E-state index contributed by atoms with van der Waals surface area (Å²) in [6.07, 6.45) is 4.28. The van der Waals surface area contributed by atoms with Gasteiger partial charge < -0.3 is 20.7 Å². The van der Waals surface area contributed by atoms with E-state index in [-0.39, 0.29) is 29.9 Å². The summed E-state index contributed by atoms with van der Waals surface area (Å²) in [5, 5.41) is 23.2. The quantitative estimate of drug-likeness (QED) is 0.184. The Kier molecular flexibility index (Phi) is 9.71. The summed E-state index contributed by atoms with van der Waals surface area (Å²) in [4.78, 5) is 16.8. The van der Waals surface area contributed by atoms with Gasteiger partial charge in [-0.2, -0.15) is 5.10 Å². The average Bonchev–Trinajstić information content (AvgIpc) is 3.36. The number of ether oxygens (including phenoxy) is 1. The predicted octanol–water partition coefficient (Wildman–Crippen LogP) is 5.64. The molecule has 1 saturated carbocycles. The first kappa shape index (κ1) is 29.0. The fraction of sp³-hybridized carbons (Fsp3) is 0.419. The van der Waals surface area contributed by atoms with Gasteiger partial charge in [0.15, 0.2) is 5.84 Å². The number of anilines is 1. The van der Waals surface area contributed by atoms with Gasteiger partial charge in [-0.3, -0.25) is 10.2 Å². The molecule has 1 fully saturated rings. The largest absolute Gasteiger partial charge is 0.457 e. The average molecular weight is 544 g/mol. The first-order chi connectivity index (χ1) is 19.3. The Morgan fingerprint density at radius 3 is 2.30 bits per heavy atom. The van der Waals surface area contributed by atoms with Crippen molar-refractivity contribution in [3.8, 4) is 22.8 Å². The molecule has 3 aromatic rings. The minimum Gasteiger partial charge on any atom is -0.457 e. The third-order valence-electron chi connectivity index (χ3n) is 7.41. The second-order valence-electron chi connectivity index (χ2n) is 10.7. The van der Waals surface area contributed by atoms with Crippen LogP contribution in [0.2, 0.25) is 0 Å². The summed E-state index contributed by atoms with van der Waals surface area (Å²) in [7, 11) is 3.68. The second kappa shape index (κ2) is 13.4. The van der Waals surface area contributed by atoms with Crippen molar-refractivity contribution in [1.82, 2.24) is 20.4 Å². The SMILES string of the molecule is C=NC(=N)c1c(-c2ccc(Oc3ccccc3)cc2)nn(C2CCC(NC(=O)[C@H](CC(C)C)NC)CC2)c1NC. The Morgan fingerprint density at radius 2 is 1.73 bits per heavy atom. The number of carbonyl (C=O) groups is 1. The Labute approximate surface area is 236 Å². The molecular weight excluding hydrogens is 502 g/mol. The third-order valence-corrected chi connectivity index (χ3v) is 7.41. The van der Waals surface area contributed by atoms with Gasteiger partial charge in [0.1, 0.15) is 23.0 Å². The molecule has 0 bridgehead atoms. The smallest absolute Gasteiger partial charge is 0.237 e. The van der Waals surface area contributed by atoms with Crippen molar-refractivity contribution in [1.29, 1.82) is 5.41 Å². The number of hydrogen-bond acceptors (Lipinski definition) is 6. The fourth-order valence-electron chi connectivity index (χ4n) is 5.34. The number of amidine groups is 1. The van der Waals surface area contributed by atoms with Crippen LogP contribution in [0.5, 0.6) is 11.5 Å². The van der Waals surface area contributed by atoms with Gasteiger partial charge in [0.2, 0.25) is 5.91 Å². The van der Waals surface area contributed by atoms with Crippen LogP contribution >= 0.6 is 0 Å². The molecule has 1 atom stereocenters. The summed E-state index contributed by atoms with van der Waals surface area (Å²) < 4.78 is 7.94. The first-order valence-corrected chi connectivity index (χ1v) is 14.0. The van der Waals surface area contributed by atoms with Crippen molar-refractivity contribution in [2.75, 3.05) is 19.4 Å². The molecule has 1 aliphatic carbocycles. The number of hydrogen-bond donors (Lipinski definition) is 4. The van der Waals surface area contributed by atoms with E-state index in [4.69, 9.17) is 15.2 Å². The number of carbonyl (C=O) groups excluding carboxylic acids is 1. The molecule has 0 aliphatic heterocycles. The van der Waals surface area contributed by atoms with Crippen LogP contribution in [0.15, 0.2) is 59.6 Å². The Hall–Kier alpha value is -3.98. The van der Waals surface area contributed by atoms with Crippen molar-refractivity contribution in [3.05, 3.63) is 60.2 Å². The molecule has 4 rings (SSSR count). The topological polar surface area (TPSA) is 116 Å². The van der Waals surface area contributed by atoms with Crippen molar-refractivity contribution >= 4 is 24.3 Å². The van der Waals surface area contributed by atoms with Gasteiger partial charge in [-0.25, -0.2) is 9.67 Å². The molecular formula is C31H41N7O2. The zero-order valence-electron chi connectivity index (χ0n) is 23.9. The highest BCUT2D eigenvalue weighted by Gasteiger charge is 2.30. The zero-order valence-corrected chi connectivity index (χ0v) is 23.9. The van der Waals surface area contributed by atoms with Crippen molar-refractivity contribution in [3.63, 3.8) is 0 Å². The lowest BCUT2D eigenvalue weighted by atomic mass is 9.90. The summed E-state index contributed by atoms with van der Waals surface area (Å²) in [6.45, 7) is 7.86. The normalized spacial score (nSPS) is 17.7. The first-order valence-electron chi connectivity index (χ1n) is 14.0. The molecule has 9 heteroatoms. The molecule has 2 aromatic carbocycles. The van der Waals surface area contributed by atoms with Gasteiger partial charge in [-0.05, 0) is 88.2 Å². The van der Waals surface area contributed by atoms with Crippen LogP contribution in [0, 0.1) is 11.3 Å². The molecule has 0 unspecified atom stereocenters. The lowest BCUT2D eigenvalue weighted by molar-refractivity contribution is -0.124. The standard InChI is InChI=1S/C31H41N7O2/c1-20(2)19-26(33-3)31(39)36-22-13-15-23(16-14-22)38-30(35-5)27(29(32)34-4)28(37-38)21-11-17-25(18-12-21)40-24-9-7-6-8-10-24/h6-12,17-18,20,22-23,26,32-33,35H,4,13-16,19H2,1-3,5H3,(H,36,39)/t22?,23?,26-/m0/s1. The van der Waals surface area contributed by atoms with E-state index in [1.54, 1.807) is 0 Å². The molecule has 0 radical (unpaired) electrons. The number of likely N-dealkylation sites (N-methyl/N-ethyl adjacent to an activating group) is 1. The summed E-state index contributed by atoms with van der Waals surface area (Å²) >= 11 is 0. The van der Waals surface area contributed by atoms with Gasteiger partial charge in [0.25, 0.3) is 0 Å². The van der Waals surface area contributed by atoms with E-state index in [9.17, 15) is 4.79 Å². The number of nitrogens with zero attached hydrogens (tertiary/aromatic N) is 3. The number of amides is 1. The van der Waals surface area contributed by atoms with E-state index in [1.807, 2.05) is 73.4 Å². The van der Waals surface area contributed by atoms with Crippen LogP contribution in [0.1, 0.15) is 57.6 Å². The number of para-hydroxylation sites is 1. The lowest BCUT2D eigenvalue weighted by Crippen LogP contribution is -2.48. The zero-order chi connectivity index (χ0) is 28.6. The molecule has 212 valence electrons. The van der Waals surface area contributed by atoms with E-state index >= 15 is 0 Å². The van der Waals surface area contributed by atoms with Gasteiger partial charge in [0.05, 0.1) is 17.6 Å². The van der Waals surface area contributed by atoms with E-state index < -0.39 is 0 Å². The monoisotopic (exact) mass is 543 g/mol. The molecule has 0 spiro atoms. The Balaban J connectivity index is 1.52. The van der Waals surface area contributed by atoms with Crippen LogP contribution in [0.4, 0.5) is 5.82 Å². The molecule has 1 aromatic heterocycles. The minimum atomic E-state index is -0.174. The van der Waals surface area contributed by atoms with Gasteiger partial charge in [0, 0.05) is 18.7 Å². The van der Waals surface area contributed by atoms with Crippen molar-refractivity contribution < 1.29 is 9.53 Å². The maximum atomic E-state index is 12.8. The number of rotatable bonds is 11. The molecule has 0 saturated heterocycles. The highest BCUT2D eigenvalue weighted by atomic mass is 16.5. The Morgan fingerprint density at radius 1 is 1.07 bits per heavy atom. The minimum absolute atomic E-state index is 0.0689. The summed E-state index contributed by atoms with van der Waals surface area (Å²) in [5.74, 6) is 2.82. The maximum absolute atomic E-state index is 12.8. The van der Waals surface area contributed by atoms with Crippen LogP contribution in [-0.2, 0) is 4.79 Å². The van der Waals surface area contributed by atoms with Gasteiger partial charge in [-0.1, -0.05) is 32.0 Å². The summed E-state index contributed by atoms with van der Waals surface area (Å²) in [5.41, 5.74) is 2.16. The molecule has 4 N–H and O–H groups in total. The highest BCUT2D eigenvalue weighted by Crippen LogP contribution is 2.37. The molecule has 1 aliphatic rings. The van der Waals surface area contributed by atoms with E-state index in [1.165, 1.54) is 0 Å². The van der Waals surface area contributed by atoms with Gasteiger partial charge >= 0.3 is 0 Å². The second-order valence-corrected chi connectivity index (χ2v) is 10.7. The molecule has 9 nitrogen and oxygen atoms in total. The highest BCUT2D eigenvalue weighted by molar-refractivity contribution is 6.08. The van der Waals surface area contributed by atoms with Crippen LogP contribution < -0.4 is 20.7 Å². The van der Waals surface area contributed by atoms with Crippen molar-refractivity contribution in [2.45, 2.75) is 64.1 Å². The van der Waals surface area contributed by atoms with Crippen LogP contribution in [0.3, 0.4) is 0 Å². The predicted molar refractivity (Wildman–Crippen MR) is 162 cm³/mol.